The van der Waals surface area contributed by atoms with Gasteiger partial charge in [0, 0.05) is 20.3 Å². The maximum absolute atomic E-state index is 12.7. The lowest BCUT2D eigenvalue weighted by molar-refractivity contribution is -0.0963. The van der Waals surface area contributed by atoms with Crippen molar-refractivity contribution in [3.63, 3.8) is 0 Å². The van der Waals surface area contributed by atoms with Crippen molar-refractivity contribution in [3.05, 3.63) is 32.8 Å². The van der Waals surface area contributed by atoms with Crippen LogP contribution in [0.5, 0.6) is 0 Å². The first-order valence-corrected chi connectivity index (χ1v) is 6.44. The van der Waals surface area contributed by atoms with E-state index in [9.17, 15) is 18.0 Å². The third-order valence-electron chi connectivity index (χ3n) is 2.65. The molecule has 0 aliphatic carbocycles. The fourth-order valence-corrected chi connectivity index (χ4v) is 2.15. The number of fused-ring (bicyclic) bond motifs is 1. The van der Waals surface area contributed by atoms with E-state index >= 15 is 0 Å². The first kappa shape index (κ1) is 16.4. The van der Waals surface area contributed by atoms with E-state index in [-0.39, 0.29) is 21.6 Å². The number of aromatic amines is 1. The van der Waals surface area contributed by atoms with Gasteiger partial charge in [0.05, 0.1) is 0 Å². The first-order valence-electron chi connectivity index (χ1n) is 5.68. The summed E-state index contributed by atoms with van der Waals surface area (Å²) in [5.74, 6) is 0. The van der Waals surface area contributed by atoms with Gasteiger partial charge in [-0.2, -0.15) is 22.8 Å². The number of nitrogens with zero attached hydrogens (tertiary/aromatic N) is 4. The van der Waals surface area contributed by atoms with Gasteiger partial charge in [-0.15, -0.1) is 0 Å². The molecule has 2 aromatic rings. The van der Waals surface area contributed by atoms with Gasteiger partial charge in [-0.05, 0) is 11.6 Å². The molecule has 2 N–H and O–H groups in total. The van der Waals surface area contributed by atoms with Gasteiger partial charge in [0.2, 0.25) is 5.28 Å². The molecule has 0 radical (unpaired) electrons. The fourth-order valence-electron chi connectivity index (χ4n) is 1.73. The molecule has 0 amide bonds. The van der Waals surface area contributed by atoms with E-state index in [0.717, 1.165) is 16.7 Å². The van der Waals surface area contributed by atoms with E-state index in [2.05, 4.69) is 15.0 Å². The molecule has 120 valence electrons. The highest BCUT2D eigenvalue weighted by Gasteiger charge is 2.33. The largest absolute Gasteiger partial charge is 0.432 e. The Kier molecular flexibility index (Phi) is 4.25. The number of aromatic nitrogens is 4. The van der Waals surface area contributed by atoms with E-state index in [1.54, 1.807) is 0 Å². The number of nitrogens with one attached hydrogen (secondary N) is 2. The Bertz CT molecular complexity index is 796. The SMILES string of the molecule is CN/C(=C\N(C)n1c(=O)[nH]c2c(Cl)nc(Cl)nc21)C(F)(F)F. The Hall–Kier alpha value is -1.94. The van der Waals surface area contributed by atoms with E-state index in [1.807, 2.05) is 5.32 Å². The third kappa shape index (κ3) is 2.97. The predicted molar refractivity (Wildman–Crippen MR) is 75.5 cm³/mol. The molecule has 2 rings (SSSR count). The summed E-state index contributed by atoms with van der Waals surface area (Å²) in [6, 6.07) is 0. The molecule has 7 nitrogen and oxygen atoms in total. The van der Waals surface area contributed by atoms with Crippen molar-refractivity contribution in [2.75, 3.05) is 19.1 Å². The molecule has 0 aromatic carbocycles. The molecule has 0 atom stereocenters. The van der Waals surface area contributed by atoms with Gasteiger partial charge in [0.1, 0.15) is 11.2 Å². The highest BCUT2D eigenvalue weighted by Crippen LogP contribution is 2.23. The van der Waals surface area contributed by atoms with Crippen LogP contribution in [0.15, 0.2) is 16.7 Å². The van der Waals surface area contributed by atoms with Crippen molar-refractivity contribution in [2.24, 2.45) is 0 Å². The van der Waals surface area contributed by atoms with Crippen LogP contribution in [0.3, 0.4) is 0 Å². The number of hydrogen-bond donors (Lipinski definition) is 2. The summed E-state index contributed by atoms with van der Waals surface area (Å²) in [5.41, 5.74) is -1.78. The molecular weight excluding hydrogens is 348 g/mol. The number of imidazole rings is 1. The summed E-state index contributed by atoms with van der Waals surface area (Å²) < 4.78 is 39.1. The van der Waals surface area contributed by atoms with E-state index in [4.69, 9.17) is 23.2 Å². The summed E-state index contributed by atoms with van der Waals surface area (Å²) in [5, 5.41) is 2.55. The average molecular weight is 357 g/mol. The van der Waals surface area contributed by atoms with Gasteiger partial charge < -0.3 is 10.3 Å². The van der Waals surface area contributed by atoms with Crippen LogP contribution in [0.1, 0.15) is 0 Å². The van der Waals surface area contributed by atoms with Gasteiger partial charge in [0.15, 0.2) is 10.8 Å². The normalized spacial score (nSPS) is 12.8. The molecule has 0 spiro atoms. The van der Waals surface area contributed by atoms with Crippen molar-refractivity contribution in [2.45, 2.75) is 6.18 Å². The Morgan fingerprint density at radius 3 is 2.59 bits per heavy atom. The zero-order valence-electron chi connectivity index (χ0n) is 11.2. The molecule has 0 saturated carbocycles. The van der Waals surface area contributed by atoms with Crippen LogP contribution < -0.4 is 16.0 Å². The average Bonchev–Trinajstić information content (AvgIpc) is 2.71. The van der Waals surface area contributed by atoms with Crippen LogP contribution in [0, 0.1) is 0 Å². The molecule has 0 aliphatic rings. The Labute approximate surface area is 131 Å². The molecule has 2 heterocycles. The van der Waals surface area contributed by atoms with Crippen molar-refractivity contribution >= 4 is 34.4 Å². The smallest absolute Gasteiger partial charge is 0.383 e. The molecule has 0 aliphatic heterocycles. The molecule has 12 heteroatoms. The number of rotatable bonds is 3. The van der Waals surface area contributed by atoms with Crippen molar-refractivity contribution in [1.82, 2.24) is 24.9 Å². The van der Waals surface area contributed by atoms with Crippen LogP contribution in [-0.2, 0) is 0 Å². The monoisotopic (exact) mass is 356 g/mol. The van der Waals surface area contributed by atoms with Crippen LogP contribution in [0.4, 0.5) is 13.2 Å². The summed E-state index contributed by atoms with van der Waals surface area (Å²) >= 11 is 11.5. The second kappa shape index (κ2) is 5.69. The lowest BCUT2D eigenvalue weighted by Gasteiger charge is -2.18. The van der Waals surface area contributed by atoms with Crippen molar-refractivity contribution < 1.29 is 13.2 Å². The summed E-state index contributed by atoms with van der Waals surface area (Å²) in [7, 11) is 2.35. The van der Waals surface area contributed by atoms with Gasteiger partial charge in [-0.3, -0.25) is 5.01 Å². The van der Waals surface area contributed by atoms with Gasteiger partial charge in [-0.25, -0.2) is 9.78 Å². The van der Waals surface area contributed by atoms with Crippen LogP contribution in [-0.4, -0.2) is 39.9 Å². The van der Waals surface area contributed by atoms with E-state index in [0.29, 0.717) is 6.20 Å². The molecule has 0 fully saturated rings. The molecule has 0 unspecified atom stereocenters. The number of halogens is 5. The van der Waals surface area contributed by atoms with Crippen molar-refractivity contribution in [3.8, 4) is 0 Å². The lowest BCUT2D eigenvalue weighted by Crippen LogP contribution is -2.36. The van der Waals surface area contributed by atoms with Crippen LogP contribution in [0.2, 0.25) is 10.4 Å². The quantitative estimate of drug-likeness (QED) is 0.645. The topological polar surface area (TPSA) is 78.8 Å². The van der Waals surface area contributed by atoms with Crippen LogP contribution >= 0.6 is 23.2 Å². The molecule has 2 aromatic heterocycles. The highest BCUT2D eigenvalue weighted by molar-refractivity contribution is 6.35. The van der Waals surface area contributed by atoms with E-state index < -0.39 is 17.6 Å². The summed E-state index contributed by atoms with van der Waals surface area (Å²) in [4.78, 5) is 21.7. The van der Waals surface area contributed by atoms with Crippen molar-refractivity contribution in [1.29, 1.82) is 0 Å². The summed E-state index contributed by atoms with van der Waals surface area (Å²) in [6.45, 7) is 0. The Morgan fingerprint density at radius 2 is 2.05 bits per heavy atom. The zero-order valence-corrected chi connectivity index (χ0v) is 12.7. The molecule has 0 saturated heterocycles. The maximum atomic E-state index is 12.7. The standard InChI is InChI=1S/C10H9Cl2F3N6O/c1-16-4(10(13,14)15)3-20(2)21-7-5(17-9(21)22)6(11)18-8(12)19-7/h3,16H,1-2H3,(H,17,22)/b4-3-. The predicted octanol–water partition coefficient (Wildman–Crippen LogP) is 1.62. The number of alkyl halides is 3. The van der Waals surface area contributed by atoms with Gasteiger partial charge in [-0.1, -0.05) is 11.6 Å². The lowest BCUT2D eigenvalue weighted by atomic mass is 10.4. The maximum Gasteiger partial charge on any atom is 0.432 e. The summed E-state index contributed by atoms with van der Waals surface area (Å²) in [6.07, 6.45) is -3.92. The Morgan fingerprint density at radius 1 is 1.41 bits per heavy atom. The molecule has 0 bridgehead atoms. The van der Waals surface area contributed by atoms with Gasteiger partial charge in [0.25, 0.3) is 0 Å². The van der Waals surface area contributed by atoms with Crippen LogP contribution in [0.25, 0.3) is 11.2 Å². The minimum absolute atomic E-state index is 0.0497. The minimum atomic E-state index is -4.61. The first-order chi connectivity index (χ1) is 10.1. The fraction of sp³-hybridized carbons (Fsp3) is 0.300. The van der Waals surface area contributed by atoms with Gasteiger partial charge >= 0.3 is 11.9 Å². The number of allylic oxidation sites excluding steroid dienone is 1. The highest BCUT2D eigenvalue weighted by atomic mass is 35.5. The second-order valence-corrected chi connectivity index (χ2v) is 4.78. The minimum Gasteiger partial charge on any atom is -0.383 e. The van der Waals surface area contributed by atoms with E-state index in [1.165, 1.54) is 7.05 Å². The third-order valence-corrected chi connectivity index (χ3v) is 3.09. The second-order valence-electron chi connectivity index (χ2n) is 4.09. The zero-order chi connectivity index (χ0) is 16.7. The molecular formula is C10H9Cl2F3N6O. The number of hydrogen-bond acceptors (Lipinski definition) is 5. The Balaban J connectivity index is 2.62. The molecule has 22 heavy (non-hydrogen) atoms. The number of H-pyrrole nitrogens is 1.